The number of aliphatic imine (C=N–C) groups is 1. The zero-order valence-electron chi connectivity index (χ0n) is 15.3. The fourth-order valence-corrected chi connectivity index (χ4v) is 3.44. The number of carbonyl (C=O) groups excluding carboxylic acids is 1. The molecule has 0 atom stereocenters. The number of hydrogen-bond acceptors (Lipinski definition) is 6. The van der Waals surface area contributed by atoms with Crippen molar-refractivity contribution in [1.82, 2.24) is 5.32 Å². The summed E-state index contributed by atoms with van der Waals surface area (Å²) in [6, 6.07) is 12.1. The van der Waals surface area contributed by atoms with Crippen LogP contribution in [0, 0.1) is 0 Å². The molecule has 0 bridgehead atoms. The van der Waals surface area contributed by atoms with Crippen LogP contribution in [0.5, 0.6) is 11.5 Å². The number of amides is 1. The van der Waals surface area contributed by atoms with Gasteiger partial charge < -0.3 is 19.9 Å². The number of carboxylic acid groups (broad SMARTS) is 1. The molecule has 0 radical (unpaired) electrons. The first-order chi connectivity index (χ1) is 14.0. The molecule has 7 nitrogen and oxygen atoms in total. The molecule has 2 aromatic carbocycles. The predicted molar refractivity (Wildman–Crippen MR) is 113 cm³/mol. The van der Waals surface area contributed by atoms with Gasteiger partial charge in [-0.3, -0.25) is 4.79 Å². The Bertz CT molecular complexity index is 1010. The largest absolute Gasteiger partial charge is 0.490 e. The van der Waals surface area contributed by atoms with Gasteiger partial charge in [-0.2, -0.15) is 0 Å². The van der Waals surface area contributed by atoms with E-state index in [2.05, 4.69) is 10.3 Å². The van der Waals surface area contributed by atoms with Crippen LogP contribution in [0.25, 0.3) is 6.08 Å². The summed E-state index contributed by atoms with van der Waals surface area (Å²) in [6.07, 6.45) is 1.69. The minimum Gasteiger partial charge on any atom is -0.490 e. The first-order valence-corrected chi connectivity index (χ1v) is 9.81. The molecule has 1 fully saturated rings. The smallest absolute Gasteiger partial charge is 0.341 e. The van der Waals surface area contributed by atoms with Gasteiger partial charge in [-0.1, -0.05) is 29.8 Å². The van der Waals surface area contributed by atoms with Crippen molar-refractivity contribution in [3.63, 3.8) is 0 Å². The van der Waals surface area contributed by atoms with Crippen molar-refractivity contribution in [1.29, 1.82) is 0 Å². The maximum atomic E-state index is 12.3. The van der Waals surface area contributed by atoms with Gasteiger partial charge in [-0.25, -0.2) is 9.79 Å². The zero-order valence-corrected chi connectivity index (χ0v) is 16.9. The maximum absolute atomic E-state index is 12.3. The van der Waals surface area contributed by atoms with Crippen LogP contribution in [0.3, 0.4) is 0 Å². The Balaban J connectivity index is 1.82. The number of nitrogens with zero attached hydrogens (tertiary/aromatic N) is 1. The number of aliphatic carboxylic acids is 1. The van der Waals surface area contributed by atoms with Gasteiger partial charge in [-0.05, 0) is 54.6 Å². The molecule has 9 heteroatoms. The molecule has 1 heterocycles. The van der Waals surface area contributed by atoms with E-state index in [-0.39, 0.29) is 5.91 Å². The Morgan fingerprint density at radius 2 is 2.03 bits per heavy atom. The number of para-hydroxylation sites is 1. The fourth-order valence-electron chi connectivity index (χ4n) is 2.43. The molecule has 0 unspecified atom stereocenters. The monoisotopic (exact) mass is 432 g/mol. The van der Waals surface area contributed by atoms with Gasteiger partial charge in [-0.15, -0.1) is 0 Å². The molecular weight excluding hydrogens is 416 g/mol. The predicted octanol–water partition coefficient (Wildman–Crippen LogP) is 4.09. The minimum absolute atomic E-state index is 0.273. The SMILES string of the molecule is CCOc1cc(/C=C2/SC(=Nc3ccccc3Cl)NC2=O)ccc1OCC(=O)O. The number of halogens is 1. The molecule has 0 saturated carbocycles. The number of amidine groups is 1. The third kappa shape index (κ3) is 5.52. The van der Waals surface area contributed by atoms with Crippen molar-refractivity contribution < 1.29 is 24.2 Å². The van der Waals surface area contributed by atoms with Gasteiger partial charge in [0.15, 0.2) is 23.3 Å². The molecule has 2 aromatic rings. The van der Waals surface area contributed by atoms with Crippen LogP contribution in [0.15, 0.2) is 52.4 Å². The highest BCUT2D eigenvalue weighted by molar-refractivity contribution is 8.18. The van der Waals surface area contributed by atoms with Crippen LogP contribution >= 0.6 is 23.4 Å². The highest BCUT2D eigenvalue weighted by atomic mass is 35.5. The third-order valence-corrected chi connectivity index (χ3v) is 4.87. The van der Waals surface area contributed by atoms with Crippen molar-refractivity contribution >= 4 is 52.2 Å². The van der Waals surface area contributed by atoms with E-state index in [9.17, 15) is 9.59 Å². The quantitative estimate of drug-likeness (QED) is 0.639. The van der Waals surface area contributed by atoms with Gasteiger partial charge >= 0.3 is 5.97 Å². The lowest BCUT2D eigenvalue weighted by atomic mass is 10.2. The second-order valence-electron chi connectivity index (χ2n) is 5.75. The van der Waals surface area contributed by atoms with Crippen LogP contribution in [-0.4, -0.2) is 35.4 Å². The van der Waals surface area contributed by atoms with E-state index in [1.807, 2.05) is 13.0 Å². The molecule has 1 saturated heterocycles. The van der Waals surface area contributed by atoms with E-state index in [0.29, 0.717) is 44.5 Å². The molecule has 0 spiro atoms. The second kappa shape index (κ2) is 9.49. The highest BCUT2D eigenvalue weighted by Gasteiger charge is 2.24. The molecule has 1 amide bonds. The summed E-state index contributed by atoms with van der Waals surface area (Å²) in [7, 11) is 0. The number of nitrogens with one attached hydrogen (secondary N) is 1. The van der Waals surface area contributed by atoms with Crippen molar-refractivity contribution in [2.75, 3.05) is 13.2 Å². The Hall–Kier alpha value is -2.97. The van der Waals surface area contributed by atoms with Gasteiger partial charge in [0.1, 0.15) is 0 Å². The normalized spacial score (nSPS) is 16.1. The first-order valence-electron chi connectivity index (χ1n) is 8.62. The molecular formula is C20H17ClN2O5S. The number of carbonyl (C=O) groups is 2. The van der Waals surface area contributed by atoms with E-state index in [0.717, 1.165) is 0 Å². The molecule has 1 aliphatic heterocycles. The lowest BCUT2D eigenvalue weighted by Crippen LogP contribution is -2.19. The van der Waals surface area contributed by atoms with Crippen molar-refractivity contribution in [2.45, 2.75) is 6.92 Å². The summed E-state index contributed by atoms with van der Waals surface area (Å²) < 4.78 is 10.8. The van der Waals surface area contributed by atoms with E-state index in [1.165, 1.54) is 11.8 Å². The number of carboxylic acids is 1. The molecule has 150 valence electrons. The third-order valence-electron chi connectivity index (χ3n) is 3.64. The molecule has 3 rings (SSSR count). The van der Waals surface area contributed by atoms with E-state index in [1.54, 1.807) is 42.5 Å². The minimum atomic E-state index is -1.08. The highest BCUT2D eigenvalue weighted by Crippen LogP contribution is 2.33. The van der Waals surface area contributed by atoms with Crippen molar-refractivity contribution in [3.8, 4) is 11.5 Å². The van der Waals surface area contributed by atoms with E-state index in [4.69, 9.17) is 26.2 Å². The Morgan fingerprint density at radius 1 is 1.24 bits per heavy atom. The molecule has 0 aromatic heterocycles. The first kappa shape index (κ1) is 20.8. The van der Waals surface area contributed by atoms with Gasteiger partial charge in [0.05, 0.1) is 22.2 Å². The summed E-state index contributed by atoms with van der Waals surface area (Å²) in [6.45, 7) is 1.72. The number of hydrogen-bond donors (Lipinski definition) is 2. The van der Waals surface area contributed by atoms with Gasteiger partial charge in [0.2, 0.25) is 0 Å². The Kier molecular flexibility index (Phi) is 6.79. The summed E-state index contributed by atoms with van der Waals surface area (Å²) in [4.78, 5) is 27.8. The average Bonchev–Trinajstić information content (AvgIpc) is 3.02. The van der Waals surface area contributed by atoms with Crippen molar-refractivity contribution in [2.24, 2.45) is 4.99 Å². The van der Waals surface area contributed by atoms with Crippen LogP contribution < -0.4 is 14.8 Å². The molecule has 1 aliphatic rings. The summed E-state index contributed by atoms with van der Waals surface area (Å²) in [5.74, 6) is -0.634. The number of ether oxygens (including phenoxy) is 2. The fraction of sp³-hybridized carbons (Fsp3) is 0.150. The van der Waals surface area contributed by atoms with E-state index < -0.39 is 12.6 Å². The maximum Gasteiger partial charge on any atom is 0.341 e. The van der Waals surface area contributed by atoms with Gasteiger partial charge in [0, 0.05) is 0 Å². The summed E-state index contributed by atoms with van der Waals surface area (Å²) in [5, 5.41) is 12.4. The van der Waals surface area contributed by atoms with Crippen LogP contribution in [0.1, 0.15) is 12.5 Å². The molecule has 0 aliphatic carbocycles. The zero-order chi connectivity index (χ0) is 20.8. The van der Waals surface area contributed by atoms with Crippen LogP contribution in [0.4, 0.5) is 5.69 Å². The lowest BCUT2D eigenvalue weighted by Gasteiger charge is -2.11. The Morgan fingerprint density at radius 3 is 2.76 bits per heavy atom. The van der Waals surface area contributed by atoms with Crippen LogP contribution in [-0.2, 0) is 9.59 Å². The summed E-state index contributed by atoms with van der Waals surface area (Å²) in [5.41, 5.74) is 1.27. The second-order valence-corrected chi connectivity index (χ2v) is 7.19. The Labute approximate surface area is 176 Å². The lowest BCUT2D eigenvalue weighted by molar-refractivity contribution is -0.139. The topological polar surface area (TPSA) is 97.2 Å². The summed E-state index contributed by atoms with van der Waals surface area (Å²) >= 11 is 7.30. The number of thioether (sulfide) groups is 1. The van der Waals surface area contributed by atoms with Gasteiger partial charge in [0.25, 0.3) is 5.91 Å². The number of rotatable bonds is 7. The molecule has 2 N–H and O–H groups in total. The average molecular weight is 433 g/mol. The standard InChI is InChI=1S/C20H17ClN2O5S/c1-2-27-16-9-12(7-8-15(16)28-11-18(24)25)10-17-19(26)23-20(29-17)22-14-6-4-3-5-13(14)21/h3-10H,2,11H2,1H3,(H,24,25)(H,22,23,26)/b17-10+. The number of benzene rings is 2. The van der Waals surface area contributed by atoms with Crippen molar-refractivity contribution in [3.05, 3.63) is 58.0 Å². The molecule has 29 heavy (non-hydrogen) atoms. The van der Waals surface area contributed by atoms with E-state index >= 15 is 0 Å². The van der Waals surface area contributed by atoms with Crippen LogP contribution in [0.2, 0.25) is 5.02 Å².